The molecule has 1 aromatic heterocycles. The Kier molecular flexibility index (Phi) is 2.33. The quantitative estimate of drug-likeness (QED) is 0.676. The van der Waals surface area contributed by atoms with Crippen LogP contribution in [0.4, 0.5) is 0 Å². The predicted molar refractivity (Wildman–Crippen MR) is 48.8 cm³/mol. The molecule has 0 bridgehead atoms. The van der Waals surface area contributed by atoms with E-state index in [9.17, 15) is 0 Å². The van der Waals surface area contributed by atoms with Gasteiger partial charge in [0.25, 0.3) is 0 Å². The lowest BCUT2D eigenvalue weighted by atomic mass is 10.1. The highest BCUT2D eigenvalue weighted by molar-refractivity contribution is 6.30. The van der Waals surface area contributed by atoms with Gasteiger partial charge in [0.15, 0.2) is 5.15 Å². The van der Waals surface area contributed by atoms with Crippen LogP contribution in [0.2, 0.25) is 5.15 Å². The van der Waals surface area contributed by atoms with E-state index in [0.29, 0.717) is 11.0 Å². The van der Waals surface area contributed by atoms with Gasteiger partial charge in [-0.05, 0) is 20.8 Å². The zero-order valence-electron chi connectivity index (χ0n) is 7.76. The SMILES string of the molecule is COc1c(Cl)ncn1C(C)(C)C. The minimum absolute atomic E-state index is 0.0501. The molecule has 1 heterocycles. The van der Waals surface area contributed by atoms with Crippen LogP contribution >= 0.6 is 11.6 Å². The Morgan fingerprint density at radius 1 is 1.50 bits per heavy atom. The molecule has 1 rings (SSSR count). The molecule has 0 aliphatic heterocycles. The van der Waals surface area contributed by atoms with Gasteiger partial charge < -0.3 is 4.74 Å². The number of nitrogens with zero attached hydrogens (tertiary/aromatic N) is 2. The predicted octanol–water partition coefficient (Wildman–Crippen LogP) is 2.30. The number of halogens is 1. The van der Waals surface area contributed by atoms with Crippen LogP contribution in [0.15, 0.2) is 6.33 Å². The van der Waals surface area contributed by atoms with Gasteiger partial charge in [-0.3, -0.25) is 4.57 Å². The van der Waals surface area contributed by atoms with E-state index in [-0.39, 0.29) is 5.54 Å². The van der Waals surface area contributed by atoms with Crippen LogP contribution in [-0.2, 0) is 5.54 Å². The van der Waals surface area contributed by atoms with E-state index in [0.717, 1.165) is 0 Å². The maximum atomic E-state index is 5.79. The second-order valence-corrected chi connectivity index (χ2v) is 3.94. The average Bonchev–Trinajstić information content (AvgIpc) is 2.29. The second-order valence-electron chi connectivity index (χ2n) is 3.59. The maximum absolute atomic E-state index is 5.79. The first kappa shape index (κ1) is 9.39. The molecule has 12 heavy (non-hydrogen) atoms. The van der Waals surface area contributed by atoms with Gasteiger partial charge in [0.05, 0.1) is 13.4 Å². The summed E-state index contributed by atoms with van der Waals surface area (Å²) in [4.78, 5) is 3.96. The third-order valence-electron chi connectivity index (χ3n) is 1.60. The molecule has 0 aliphatic rings. The molecule has 0 aliphatic carbocycles. The van der Waals surface area contributed by atoms with E-state index in [4.69, 9.17) is 16.3 Å². The van der Waals surface area contributed by atoms with Crippen molar-refractivity contribution in [2.45, 2.75) is 26.3 Å². The Hall–Kier alpha value is -0.700. The number of imidazole rings is 1. The summed E-state index contributed by atoms with van der Waals surface area (Å²) in [6.45, 7) is 6.19. The van der Waals surface area contributed by atoms with Crippen molar-refractivity contribution in [2.75, 3.05) is 7.11 Å². The number of hydrogen-bond acceptors (Lipinski definition) is 2. The van der Waals surface area contributed by atoms with E-state index >= 15 is 0 Å². The number of rotatable bonds is 1. The van der Waals surface area contributed by atoms with E-state index in [1.807, 2.05) is 4.57 Å². The van der Waals surface area contributed by atoms with E-state index < -0.39 is 0 Å². The van der Waals surface area contributed by atoms with Gasteiger partial charge in [-0.2, -0.15) is 0 Å². The molecule has 0 atom stereocenters. The first-order valence-corrected chi connectivity index (χ1v) is 4.12. The number of methoxy groups -OCH3 is 1. The largest absolute Gasteiger partial charge is 0.480 e. The first-order chi connectivity index (χ1) is 5.46. The molecule has 68 valence electrons. The van der Waals surface area contributed by atoms with Crippen molar-refractivity contribution in [1.29, 1.82) is 0 Å². The highest BCUT2D eigenvalue weighted by Crippen LogP contribution is 2.28. The Morgan fingerprint density at radius 3 is 2.42 bits per heavy atom. The molecule has 1 aromatic rings. The molecule has 0 spiro atoms. The number of ether oxygens (including phenoxy) is 1. The Bertz CT molecular complexity index is 275. The second kappa shape index (κ2) is 2.98. The van der Waals surface area contributed by atoms with Crippen molar-refractivity contribution in [2.24, 2.45) is 0 Å². The molecule has 0 N–H and O–H groups in total. The van der Waals surface area contributed by atoms with Crippen LogP contribution in [0.5, 0.6) is 5.88 Å². The molecule has 0 fully saturated rings. The zero-order valence-corrected chi connectivity index (χ0v) is 8.51. The normalized spacial score (nSPS) is 11.8. The summed E-state index contributed by atoms with van der Waals surface area (Å²) >= 11 is 5.79. The Balaban J connectivity index is 3.16. The van der Waals surface area contributed by atoms with Crippen LogP contribution in [0.1, 0.15) is 20.8 Å². The number of aromatic nitrogens is 2. The first-order valence-electron chi connectivity index (χ1n) is 3.74. The molecule has 0 unspecified atom stereocenters. The van der Waals surface area contributed by atoms with Gasteiger partial charge >= 0.3 is 0 Å². The molecule has 0 radical (unpaired) electrons. The summed E-state index contributed by atoms with van der Waals surface area (Å²) in [5.41, 5.74) is -0.0501. The molecule has 0 amide bonds. The van der Waals surface area contributed by atoms with Crippen molar-refractivity contribution >= 4 is 11.6 Å². The number of hydrogen-bond donors (Lipinski definition) is 0. The van der Waals surface area contributed by atoms with E-state index in [1.54, 1.807) is 13.4 Å². The van der Waals surface area contributed by atoms with Gasteiger partial charge in [0, 0.05) is 5.54 Å². The summed E-state index contributed by atoms with van der Waals surface area (Å²) in [6, 6.07) is 0. The third kappa shape index (κ3) is 1.55. The molecular weight excluding hydrogens is 176 g/mol. The van der Waals surface area contributed by atoms with Gasteiger partial charge in [-0.1, -0.05) is 11.6 Å². The van der Waals surface area contributed by atoms with Crippen molar-refractivity contribution in [3.63, 3.8) is 0 Å². The van der Waals surface area contributed by atoms with Crippen LogP contribution in [0, 0.1) is 0 Å². The van der Waals surface area contributed by atoms with Crippen molar-refractivity contribution in [1.82, 2.24) is 9.55 Å². The summed E-state index contributed by atoms with van der Waals surface area (Å²) < 4.78 is 7.01. The lowest BCUT2D eigenvalue weighted by Gasteiger charge is -2.22. The third-order valence-corrected chi connectivity index (χ3v) is 1.86. The lowest BCUT2D eigenvalue weighted by Crippen LogP contribution is -2.21. The standard InChI is InChI=1S/C8H13ClN2O/c1-8(2,3)11-5-10-6(9)7(11)12-4/h5H,1-4H3. The summed E-state index contributed by atoms with van der Waals surface area (Å²) in [7, 11) is 1.59. The van der Waals surface area contributed by atoms with Crippen LogP contribution in [-0.4, -0.2) is 16.7 Å². The average molecular weight is 189 g/mol. The highest BCUT2D eigenvalue weighted by atomic mass is 35.5. The molecule has 4 heteroatoms. The smallest absolute Gasteiger partial charge is 0.233 e. The van der Waals surface area contributed by atoms with Crippen LogP contribution in [0.3, 0.4) is 0 Å². The van der Waals surface area contributed by atoms with Crippen LogP contribution < -0.4 is 4.74 Å². The van der Waals surface area contributed by atoms with Gasteiger partial charge in [-0.25, -0.2) is 4.98 Å². The fourth-order valence-corrected chi connectivity index (χ4v) is 1.19. The Morgan fingerprint density at radius 2 is 2.08 bits per heavy atom. The van der Waals surface area contributed by atoms with Crippen molar-refractivity contribution < 1.29 is 4.74 Å². The van der Waals surface area contributed by atoms with Gasteiger partial charge in [0.2, 0.25) is 5.88 Å². The zero-order chi connectivity index (χ0) is 9.35. The van der Waals surface area contributed by atoms with Crippen LogP contribution in [0.25, 0.3) is 0 Å². The minimum Gasteiger partial charge on any atom is -0.480 e. The molecule has 0 saturated heterocycles. The van der Waals surface area contributed by atoms with Gasteiger partial charge in [-0.15, -0.1) is 0 Å². The van der Waals surface area contributed by atoms with Crippen molar-refractivity contribution in [3.05, 3.63) is 11.5 Å². The lowest BCUT2D eigenvalue weighted by molar-refractivity contribution is 0.309. The highest BCUT2D eigenvalue weighted by Gasteiger charge is 2.19. The molecule has 0 aromatic carbocycles. The Labute approximate surface area is 77.3 Å². The van der Waals surface area contributed by atoms with E-state index in [1.165, 1.54) is 0 Å². The van der Waals surface area contributed by atoms with Crippen molar-refractivity contribution in [3.8, 4) is 5.88 Å². The molecule has 3 nitrogen and oxygen atoms in total. The topological polar surface area (TPSA) is 27.1 Å². The summed E-state index contributed by atoms with van der Waals surface area (Å²) in [6.07, 6.45) is 1.68. The van der Waals surface area contributed by atoms with Gasteiger partial charge in [0.1, 0.15) is 0 Å². The minimum atomic E-state index is -0.0501. The fraction of sp³-hybridized carbons (Fsp3) is 0.625. The van der Waals surface area contributed by atoms with E-state index in [2.05, 4.69) is 25.8 Å². The molecular formula is C8H13ClN2O. The fourth-order valence-electron chi connectivity index (χ4n) is 0.976. The monoisotopic (exact) mass is 188 g/mol. The maximum Gasteiger partial charge on any atom is 0.233 e. The molecule has 0 saturated carbocycles. The summed E-state index contributed by atoms with van der Waals surface area (Å²) in [5, 5.41) is 0.410. The summed E-state index contributed by atoms with van der Waals surface area (Å²) in [5.74, 6) is 0.615.